The average Bonchev–Trinajstić information content (AvgIpc) is 3.11. The number of allylic oxidation sites excluding steroid dienone is 5. The summed E-state index contributed by atoms with van der Waals surface area (Å²) in [6.45, 7) is 33.3. The molecule has 0 aromatic carbocycles. The maximum Gasteiger partial charge on any atom is 0.0848 e. The lowest BCUT2D eigenvalue weighted by molar-refractivity contribution is -0.134. The normalized spacial score (nSPS) is 38.1. The standard InChI is InChI=1S/C40H67NOS.C7H15N3O/c1-25(2)29(9)38-17-13-18-39(23-38)19-16-32-31(36(39,11)20-21-38)14-15-33(40(32,43)28(7)8)35(10)22-30(26(3)4)34(35)42-24-37(12,41)27(5)6;1-4-6(2)7(5-11)9-10-8-3/h13,16,18,25,27-29,31,33-34,43H,14-15,17,19-24,41H2,1-12H3;11H,4-5H2,1-3H3,(H,8,9)/b;7-6+/t29-,31?,33?,34?,35+,36?,37+,38+,39+,40?;/m1./s1. The van der Waals surface area contributed by atoms with E-state index in [-0.39, 0.29) is 28.4 Å². The smallest absolute Gasteiger partial charge is 0.0848 e. The molecule has 7 heteroatoms. The van der Waals surface area contributed by atoms with E-state index in [4.69, 9.17) is 28.2 Å². The number of ether oxygens (including phenoxy) is 1. The molecule has 5 aliphatic rings. The van der Waals surface area contributed by atoms with Gasteiger partial charge in [0.05, 0.1) is 32.1 Å². The zero-order chi connectivity index (χ0) is 40.7. The molecule has 0 heterocycles. The number of nitrogens with two attached hydrogens (primary N) is 1. The highest BCUT2D eigenvalue weighted by Gasteiger charge is 2.67. The fourth-order valence-corrected chi connectivity index (χ4v) is 12.4. The van der Waals surface area contributed by atoms with Crippen molar-refractivity contribution < 1.29 is 9.84 Å². The van der Waals surface area contributed by atoms with Gasteiger partial charge in [-0.1, -0.05) is 109 Å². The van der Waals surface area contributed by atoms with E-state index >= 15 is 0 Å². The Labute approximate surface area is 337 Å². The summed E-state index contributed by atoms with van der Waals surface area (Å²) in [5.41, 5.74) is 16.7. The van der Waals surface area contributed by atoms with Crippen molar-refractivity contribution in [1.82, 2.24) is 5.43 Å². The molecule has 5 rings (SSSR count). The molecule has 0 saturated heterocycles. The van der Waals surface area contributed by atoms with Gasteiger partial charge in [0, 0.05) is 15.7 Å². The summed E-state index contributed by atoms with van der Waals surface area (Å²) in [6, 6.07) is 0. The second-order valence-electron chi connectivity index (χ2n) is 20.5. The molecule has 0 aliphatic heterocycles. The van der Waals surface area contributed by atoms with Gasteiger partial charge in [0.2, 0.25) is 0 Å². The zero-order valence-corrected chi connectivity index (χ0v) is 38.2. The summed E-state index contributed by atoms with van der Waals surface area (Å²) in [6.07, 6.45) is 19.3. The first kappa shape index (κ1) is 45.3. The summed E-state index contributed by atoms with van der Waals surface area (Å²) in [5, 5.41) is 15.9. The molecule has 2 bridgehead atoms. The minimum absolute atomic E-state index is 0.0152. The van der Waals surface area contributed by atoms with E-state index in [1.54, 1.807) is 12.6 Å². The third-order valence-electron chi connectivity index (χ3n) is 16.6. The van der Waals surface area contributed by atoms with Crippen molar-refractivity contribution >= 4 is 12.6 Å². The lowest BCUT2D eigenvalue weighted by atomic mass is 9.37. The maximum atomic E-state index is 8.83. The third-order valence-corrected chi connectivity index (χ3v) is 17.7. The van der Waals surface area contributed by atoms with Crippen molar-refractivity contribution in [3.8, 4) is 0 Å². The largest absolute Gasteiger partial charge is 0.390 e. The molecule has 0 aromatic rings. The van der Waals surface area contributed by atoms with Gasteiger partial charge >= 0.3 is 0 Å². The predicted octanol–water partition coefficient (Wildman–Crippen LogP) is 11.8. The van der Waals surface area contributed by atoms with Crippen LogP contribution in [0.5, 0.6) is 0 Å². The van der Waals surface area contributed by atoms with Crippen molar-refractivity contribution in [3.63, 3.8) is 0 Å². The number of nitrogens with zero attached hydrogens (tertiary/aromatic N) is 2. The zero-order valence-electron chi connectivity index (χ0n) is 37.3. The summed E-state index contributed by atoms with van der Waals surface area (Å²) in [5.74, 6) is 3.44. The average molecular weight is 767 g/mol. The van der Waals surface area contributed by atoms with Crippen molar-refractivity contribution in [3.05, 3.63) is 46.2 Å². The highest BCUT2D eigenvalue weighted by Crippen LogP contribution is 2.74. The fourth-order valence-electron chi connectivity index (χ4n) is 11.7. The van der Waals surface area contributed by atoms with Gasteiger partial charge in [-0.25, -0.2) is 0 Å². The molecule has 0 amide bonds. The molecule has 54 heavy (non-hydrogen) atoms. The van der Waals surface area contributed by atoms with Gasteiger partial charge in [-0.3, -0.25) is 5.43 Å². The van der Waals surface area contributed by atoms with Crippen LogP contribution in [0.2, 0.25) is 0 Å². The van der Waals surface area contributed by atoms with Crippen LogP contribution in [0, 0.1) is 57.2 Å². The maximum absolute atomic E-state index is 8.83. The Balaban J connectivity index is 0.000000514. The first-order valence-electron chi connectivity index (χ1n) is 21.6. The monoisotopic (exact) mass is 767 g/mol. The van der Waals surface area contributed by atoms with E-state index in [2.05, 4.69) is 117 Å². The molecule has 0 radical (unpaired) electrons. The van der Waals surface area contributed by atoms with E-state index in [1.807, 2.05) is 13.8 Å². The quantitative estimate of drug-likeness (QED) is 0.0689. The molecule has 6 nitrogen and oxygen atoms in total. The Bertz CT molecular complexity index is 1490. The number of aliphatic hydroxyl groups excluding tert-OH is 1. The molecule has 5 unspecified atom stereocenters. The van der Waals surface area contributed by atoms with Gasteiger partial charge in [-0.2, -0.15) is 17.7 Å². The van der Waals surface area contributed by atoms with Gasteiger partial charge in [-0.15, -0.1) is 0 Å². The van der Waals surface area contributed by atoms with E-state index < -0.39 is 0 Å². The summed E-state index contributed by atoms with van der Waals surface area (Å²) in [7, 11) is 1.57. The lowest BCUT2D eigenvalue weighted by Crippen LogP contribution is -2.65. The molecule has 4 N–H and O–H groups in total. The highest BCUT2D eigenvalue weighted by molar-refractivity contribution is 7.82. The van der Waals surface area contributed by atoms with Gasteiger partial charge in [0.15, 0.2) is 0 Å². The minimum Gasteiger partial charge on any atom is -0.390 e. The summed E-state index contributed by atoms with van der Waals surface area (Å²) in [4.78, 5) is 0. The second kappa shape index (κ2) is 16.8. The van der Waals surface area contributed by atoms with Crippen LogP contribution in [0.15, 0.2) is 56.6 Å². The molecular formula is C47H82N4O2S. The molecule has 3 saturated carbocycles. The third kappa shape index (κ3) is 7.76. The van der Waals surface area contributed by atoms with E-state index in [0.29, 0.717) is 46.5 Å². The number of fused-ring (bicyclic) bond motifs is 3. The predicted molar refractivity (Wildman–Crippen MR) is 232 cm³/mol. The van der Waals surface area contributed by atoms with Crippen LogP contribution >= 0.6 is 12.6 Å². The Morgan fingerprint density at radius 1 is 1.07 bits per heavy atom. The van der Waals surface area contributed by atoms with E-state index in [0.717, 1.165) is 35.9 Å². The highest BCUT2D eigenvalue weighted by atomic mass is 32.1. The SMILES string of the molecule is CC(C)=C1C[C@@](C)(C2CCC3C(=CC[C@]45C=CC[C@]([C@H](C)C(C)C)(CCC34C)C5)C2(S)C(C)C)C1OC[C@](C)(N)C(C)C.CC/C(C)=C(\CO)NN=NC. The molecule has 3 fully saturated rings. The summed E-state index contributed by atoms with van der Waals surface area (Å²) < 4.78 is 6.80. The number of rotatable bonds is 12. The molecule has 308 valence electrons. The van der Waals surface area contributed by atoms with Gasteiger partial charge in [0.1, 0.15) is 0 Å². The van der Waals surface area contributed by atoms with Gasteiger partial charge in [0.25, 0.3) is 0 Å². The number of nitrogens with one attached hydrogen (secondary N) is 1. The summed E-state index contributed by atoms with van der Waals surface area (Å²) >= 11 is 5.90. The van der Waals surface area contributed by atoms with Crippen LogP contribution in [0.25, 0.3) is 0 Å². The Morgan fingerprint density at radius 2 is 1.74 bits per heavy atom. The van der Waals surface area contributed by atoms with Crippen molar-refractivity contribution in [2.45, 2.75) is 171 Å². The van der Waals surface area contributed by atoms with Crippen molar-refractivity contribution in [1.29, 1.82) is 0 Å². The van der Waals surface area contributed by atoms with Crippen molar-refractivity contribution in [2.24, 2.45) is 73.2 Å². The molecule has 0 aromatic heterocycles. The van der Waals surface area contributed by atoms with E-state index in [9.17, 15) is 0 Å². The topological polar surface area (TPSA) is 92.2 Å². The number of thiol groups is 1. The number of hydrogen-bond acceptors (Lipinski definition) is 6. The van der Waals surface area contributed by atoms with Gasteiger partial charge in [-0.05, 0) is 143 Å². The number of hydrogen-bond donors (Lipinski definition) is 4. The Kier molecular flexibility index (Phi) is 14.1. The van der Waals surface area contributed by atoms with Crippen LogP contribution in [0.1, 0.15) is 155 Å². The van der Waals surface area contributed by atoms with Crippen LogP contribution in [0.3, 0.4) is 0 Å². The lowest BCUT2D eigenvalue weighted by Gasteiger charge is -2.69. The molecule has 5 aliphatic carbocycles. The first-order chi connectivity index (χ1) is 25.1. The Morgan fingerprint density at radius 3 is 2.28 bits per heavy atom. The van der Waals surface area contributed by atoms with Crippen LogP contribution in [0.4, 0.5) is 0 Å². The van der Waals surface area contributed by atoms with Gasteiger partial charge < -0.3 is 15.6 Å². The molecular weight excluding hydrogens is 685 g/mol. The minimum atomic E-state index is -0.331. The van der Waals surface area contributed by atoms with Crippen molar-refractivity contribution in [2.75, 3.05) is 20.3 Å². The van der Waals surface area contributed by atoms with Crippen LogP contribution in [-0.4, -0.2) is 41.8 Å². The number of aliphatic hydroxyl groups is 1. The first-order valence-corrected chi connectivity index (χ1v) is 22.0. The Hall–Kier alpha value is -1.41. The molecule has 10 atom stereocenters. The fraction of sp³-hybridized carbons (Fsp3) is 0.830. The van der Waals surface area contributed by atoms with Crippen LogP contribution < -0.4 is 11.2 Å². The molecule has 1 spiro atoms. The second-order valence-corrected chi connectivity index (χ2v) is 21.3. The van der Waals surface area contributed by atoms with Crippen LogP contribution in [-0.2, 0) is 4.74 Å². The van der Waals surface area contributed by atoms with E-state index in [1.165, 1.54) is 56.1 Å².